The van der Waals surface area contributed by atoms with Crippen LogP contribution in [0, 0.1) is 21.4 Å². The SMILES string of the molecule is C=CCN1C(=O)C(C#N)=C(C)/C(=C\c2cn(-c3ccccc3)nc2-c2ccc(OCC)c([N+](=O)[O-])c2)C1=O. The highest BCUT2D eigenvalue weighted by molar-refractivity contribution is 6.20. The molecule has 38 heavy (non-hydrogen) atoms. The zero-order valence-corrected chi connectivity index (χ0v) is 20.7. The Bertz CT molecular complexity index is 1560. The lowest BCUT2D eigenvalue weighted by Gasteiger charge is -2.26. The molecule has 0 N–H and O–H groups in total. The predicted molar refractivity (Wildman–Crippen MR) is 140 cm³/mol. The molecule has 0 bridgehead atoms. The second-order valence-electron chi connectivity index (χ2n) is 8.27. The molecular formula is C28H23N5O5. The lowest BCUT2D eigenvalue weighted by molar-refractivity contribution is -0.385. The van der Waals surface area contributed by atoms with E-state index in [2.05, 4.69) is 11.7 Å². The van der Waals surface area contributed by atoms with Crippen LogP contribution in [0.5, 0.6) is 5.75 Å². The number of imide groups is 1. The van der Waals surface area contributed by atoms with Crippen molar-refractivity contribution in [3.8, 4) is 28.8 Å². The van der Waals surface area contributed by atoms with Crippen LogP contribution in [0.4, 0.5) is 5.69 Å². The number of nitrogens with zero attached hydrogens (tertiary/aromatic N) is 5. The molecule has 0 fully saturated rings. The van der Waals surface area contributed by atoms with Crippen molar-refractivity contribution in [3.63, 3.8) is 0 Å². The third-order valence-electron chi connectivity index (χ3n) is 5.93. The Labute approximate surface area is 218 Å². The normalized spacial score (nSPS) is 14.6. The Morgan fingerprint density at radius 2 is 1.92 bits per heavy atom. The van der Waals surface area contributed by atoms with Gasteiger partial charge in [0.25, 0.3) is 11.8 Å². The fourth-order valence-corrected chi connectivity index (χ4v) is 4.10. The summed E-state index contributed by atoms with van der Waals surface area (Å²) in [5.41, 5.74) is 1.96. The highest BCUT2D eigenvalue weighted by atomic mass is 16.6. The Kier molecular flexibility index (Phi) is 7.30. The van der Waals surface area contributed by atoms with Crippen LogP contribution in [-0.2, 0) is 9.59 Å². The third kappa shape index (κ3) is 4.73. The van der Waals surface area contributed by atoms with Crippen LogP contribution < -0.4 is 4.74 Å². The minimum absolute atomic E-state index is 0.0608. The minimum Gasteiger partial charge on any atom is -0.487 e. The lowest BCUT2D eigenvalue weighted by Crippen LogP contribution is -2.42. The smallest absolute Gasteiger partial charge is 0.311 e. The van der Waals surface area contributed by atoms with Gasteiger partial charge in [-0.25, -0.2) is 4.68 Å². The number of carbonyl (C=O) groups excluding carboxylic acids is 2. The number of nitro groups is 1. The van der Waals surface area contributed by atoms with Crippen molar-refractivity contribution in [1.82, 2.24) is 14.7 Å². The van der Waals surface area contributed by atoms with Gasteiger partial charge in [-0.2, -0.15) is 10.4 Å². The maximum absolute atomic E-state index is 13.3. The first kappa shape index (κ1) is 25.8. The van der Waals surface area contributed by atoms with Crippen molar-refractivity contribution in [3.05, 3.63) is 99.8 Å². The van der Waals surface area contributed by atoms with Crippen LogP contribution >= 0.6 is 0 Å². The van der Waals surface area contributed by atoms with Gasteiger partial charge in [0.15, 0.2) is 5.75 Å². The van der Waals surface area contributed by atoms with Crippen LogP contribution in [0.25, 0.3) is 23.0 Å². The van der Waals surface area contributed by atoms with Gasteiger partial charge in [-0.1, -0.05) is 24.3 Å². The van der Waals surface area contributed by atoms with E-state index in [0.717, 1.165) is 10.6 Å². The molecule has 4 rings (SSSR count). The van der Waals surface area contributed by atoms with Gasteiger partial charge in [0.2, 0.25) is 0 Å². The van der Waals surface area contributed by atoms with E-state index in [1.165, 1.54) is 25.1 Å². The number of aromatic nitrogens is 2. The maximum Gasteiger partial charge on any atom is 0.311 e. The molecule has 1 aliphatic heterocycles. The number of rotatable bonds is 8. The van der Waals surface area contributed by atoms with Crippen molar-refractivity contribution in [2.24, 2.45) is 0 Å². The minimum atomic E-state index is -0.686. The Morgan fingerprint density at radius 3 is 2.55 bits per heavy atom. The predicted octanol–water partition coefficient (Wildman–Crippen LogP) is 4.62. The average Bonchev–Trinajstić information content (AvgIpc) is 3.34. The first-order valence-electron chi connectivity index (χ1n) is 11.7. The van der Waals surface area contributed by atoms with Gasteiger partial charge in [-0.15, -0.1) is 6.58 Å². The van der Waals surface area contributed by atoms with E-state index in [-0.39, 0.29) is 41.3 Å². The van der Waals surface area contributed by atoms with Crippen LogP contribution in [0.3, 0.4) is 0 Å². The van der Waals surface area contributed by atoms with Gasteiger partial charge in [0.1, 0.15) is 17.3 Å². The highest BCUT2D eigenvalue weighted by Crippen LogP contribution is 2.35. The average molecular weight is 510 g/mol. The number of nitriles is 1. The lowest BCUT2D eigenvalue weighted by atomic mass is 9.93. The monoisotopic (exact) mass is 509 g/mol. The van der Waals surface area contributed by atoms with E-state index in [4.69, 9.17) is 4.74 Å². The Hall–Kier alpha value is -5.30. The summed E-state index contributed by atoms with van der Waals surface area (Å²) in [4.78, 5) is 38.2. The van der Waals surface area contributed by atoms with Crippen LogP contribution in [0.15, 0.2) is 84.1 Å². The number of benzene rings is 2. The molecule has 2 aromatic carbocycles. The molecule has 0 aliphatic carbocycles. The van der Waals surface area contributed by atoms with Crippen molar-refractivity contribution in [2.45, 2.75) is 13.8 Å². The molecular weight excluding hydrogens is 486 g/mol. The zero-order chi connectivity index (χ0) is 27.4. The number of amides is 2. The summed E-state index contributed by atoms with van der Waals surface area (Å²) in [5.74, 6) is -1.14. The largest absolute Gasteiger partial charge is 0.487 e. The molecule has 0 saturated heterocycles. The molecule has 1 aromatic heterocycles. The summed E-state index contributed by atoms with van der Waals surface area (Å²) < 4.78 is 7.00. The van der Waals surface area contributed by atoms with Gasteiger partial charge >= 0.3 is 5.69 Å². The van der Waals surface area contributed by atoms with Gasteiger partial charge in [-0.3, -0.25) is 24.6 Å². The Balaban J connectivity index is 1.96. The first-order valence-corrected chi connectivity index (χ1v) is 11.7. The second kappa shape index (κ2) is 10.8. The number of carbonyl (C=O) groups is 2. The summed E-state index contributed by atoms with van der Waals surface area (Å²) >= 11 is 0. The molecule has 10 heteroatoms. The van der Waals surface area contributed by atoms with Crippen LogP contribution in [0.1, 0.15) is 19.4 Å². The summed E-state index contributed by atoms with van der Waals surface area (Å²) in [6.45, 7) is 7.06. The summed E-state index contributed by atoms with van der Waals surface area (Å²) in [5, 5.41) is 26.0. The van der Waals surface area contributed by atoms with E-state index in [9.17, 15) is 25.0 Å². The topological polar surface area (TPSA) is 131 Å². The second-order valence-corrected chi connectivity index (χ2v) is 8.27. The van der Waals surface area contributed by atoms with Gasteiger partial charge in [0.05, 0.1) is 17.2 Å². The molecule has 2 amide bonds. The quantitative estimate of drug-likeness (QED) is 0.142. The standard InChI is InChI=1S/C28H23N5O5/c1-4-13-31-27(34)22(18(3)23(16-29)28(31)35)14-20-17-32(21-9-7-6-8-10-21)30-26(20)19-11-12-25(38-5-2)24(15-19)33(36)37/h4,6-12,14-15,17H,1,5,13H2,2-3H3/b22-14+. The van der Waals surface area contributed by atoms with E-state index >= 15 is 0 Å². The van der Waals surface area contributed by atoms with Gasteiger partial charge in [-0.05, 0) is 49.8 Å². The molecule has 0 radical (unpaired) electrons. The fraction of sp³-hybridized carbons (Fsp3) is 0.143. The number of hydrogen-bond acceptors (Lipinski definition) is 7. The molecule has 0 saturated carbocycles. The summed E-state index contributed by atoms with van der Waals surface area (Å²) in [6.07, 6.45) is 4.63. The first-order chi connectivity index (χ1) is 18.3. The summed E-state index contributed by atoms with van der Waals surface area (Å²) in [6, 6.07) is 15.6. The zero-order valence-electron chi connectivity index (χ0n) is 20.7. The van der Waals surface area contributed by atoms with Crippen molar-refractivity contribution in [2.75, 3.05) is 13.2 Å². The molecule has 3 aromatic rings. The molecule has 0 atom stereocenters. The van der Waals surface area contributed by atoms with Crippen molar-refractivity contribution >= 4 is 23.6 Å². The maximum atomic E-state index is 13.3. The Morgan fingerprint density at radius 1 is 1.18 bits per heavy atom. The van der Waals surface area contributed by atoms with Crippen molar-refractivity contribution < 1.29 is 19.2 Å². The third-order valence-corrected chi connectivity index (χ3v) is 5.93. The van der Waals surface area contributed by atoms with E-state index in [0.29, 0.717) is 16.8 Å². The number of hydrogen-bond donors (Lipinski definition) is 0. The molecule has 10 nitrogen and oxygen atoms in total. The van der Waals surface area contributed by atoms with E-state index < -0.39 is 16.7 Å². The molecule has 1 aliphatic rings. The molecule has 190 valence electrons. The van der Waals surface area contributed by atoms with Crippen LogP contribution in [-0.4, -0.2) is 44.6 Å². The van der Waals surface area contributed by atoms with Crippen LogP contribution in [0.2, 0.25) is 0 Å². The van der Waals surface area contributed by atoms with Crippen molar-refractivity contribution in [1.29, 1.82) is 5.26 Å². The van der Waals surface area contributed by atoms with E-state index in [1.807, 2.05) is 36.4 Å². The fourth-order valence-electron chi connectivity index (χ4n) is 4.10. The van der Waals surface area contributed by atoms with E-state index in [1.54, 1.807) is 29.9 Å². The van der Waals surface area contributed by atoms with Gasteiger partial charge < -0.3 is 4.74 Å². The molecule has 0 spiro atoms. The number of nitro benzene ring substituents is 1. The highest BCUT2D eigenvalue weighted by Gasteiger charge is 2.35. The number of para-hydroxylation sites is 1. The molecule has 2 heterocycles. The number of ether oxygens (including phenoxy) is 1. The van der Waals surface area contributed by atoms with Gasteiger partial charge in [0, 0.05) is 35.5 Å². The summed E-state index contributed by atoms with van der Waals surface area (Å²) in [7, 11) is 0. The molecule has 0 unspecified atom stereocenters.